The lowest BCUT2D eigenvalue weighted by Crippen LogP contribution is -2.30. The van der Waals surface area contributed by atoms with E-state index in [1.807, 2.05) is 60.4 Å². The molecule has 33 heavy (non-hydrogen) atoms. The summed E-state index contributed by atoms with van der Waals surface area (Å²) in [5.41, 5.74) is 5.24. The molecule has 7 heteroatoms. The minimum atomic E-state index is -0.326. The minimum absolute atomic E-state index is 0.251. The van der Waals surface area contributed by atoms with E-state index in [2.05, 4.69) is 27.9 Å². The van der Waals surface area contributed by atoms with Gasteiger partial charge in [-0.25, -0.2) is 4.39 Å². The van der Waals surface area contributed by atoms with E-state index in [1.165, 1.54) is 6.07 Å². The molecule has 4 aromatic rings. The Bertz CT molecular complexity index is 1340. The summed E-state index contributed by atoms with van der Waals surface area (Å²) in [5, 5.41) is 4.52. The Labute approximate surface area is 202 Å². The van der Waals surface area contributed by atoms with Gasteiger partial charge >= 0.3 is 0 Å². The molecule has 1 saturated heterocycles. The molecule has 2 aromatic heterocycles. The maximum Gasteiger partial charge on any atom is 0.174 e. The zero-order valence-electron chi connectivity index (χ0n) is 18.2. The first-order chi connectivity index (χ1) is 16.0. The summed E-state index contributed by atoms with van der Waals surface area (Å²) in [6.45, 7) is 4.10. The van der Waals surface area contributed by atoms with Crippen molar-refractivity contribution in [1.82, 2.24) is 14.9 Å². The van der Waals surface area contributed by atoms with Crippen LogP contribution in [0.15, 0.2) is 79.0 Å². The van der Waals surface area contributed by atoms with Crippen LogP contribution < -0.4 is 10.2 Å². The number of pyridine rings is 1. The number of aryl methyl sites for hydroxylation is 1. The first-order valence-electron chi connectivity index (χ1n) is 10.7. The summed E-state index contributed by atoms with van der Waals surface area (Å²) in [7, 11) is 0. The van der Waals surface area contributed by atoms with Gasteiger partial charge in [0.25, 0.3) is 0 Å². The fourth-order valence-electron chi connectivity index (χ4n) is 4.67. The van der Waals surface area contributed by atoms with E-state index >= 15 is 0 Å². The highest BCUT2D eigenvalue weighted by Crippen LogP contribution is 2.44. The number of thiocarbonyl (C=S) groups is 1. The van der Waals surface area contributed by atoms with Crippen molar-refractivity contribution in [3.8, 4) is 5.69 Å². The zero-order valence-corrected chi connectivity index (χ0v) is 19.7. The number of nitrogens with one attached hydrogen (secondary N) is 1. The van der Waals surface area contributed by atoms with Crippen molar-refractivity contribution >= 4 is 34.6 Å². The van der Waals surface area contributed by atoms with E-state index in [4.69, 9.17) is 23.8 Å². The van der Waals surface area contributed by atoms with Gasteiger partial charge in [0.1, 0.15) is 5.82 Å². The molecule has 5 rings (SSSR count). The number of para-hydroxylation sites is 2. The Morgan fingerprint density at radius 3 is 2.36 bits per heavy atom. The Kier molecular flexibility index (Phi) is 5.64. The third-order valence-electron chi connectivity index (χ3n) is 6.09. The molecule has 4 nitrogen and oxygen atoms in total. The molecule has 2 aromatic carbocycles. The SMILES string of the molecule is Cc1cc(C2C(c3ccccn3)NC(=S)N2c2ccccc2F)c(C)n1-c1ccccc1Cl. The van der Waals surface area contributed by atoms with Gasteiger partial charge in [-0.1, -0.05) is 41.9 Å². The van der Waals surface area contributed by atoms with Gasteiger partial charge < -0.3 is 14.8 Å². The van der Waals surface area contributed by atoms with E-state index in [-0.39, 0.29) is 17.9 Å². The maximum atomic E-state index is 15.0. The van der Waals surface area contributed by atoms with Crippen molar-refractivity contribution in [1.29, 1.82) is 0 Å². The van der Waals surface area contributed by atoms with E-state index in [9.17, 15) is 4.39 Å². The summed E-state index contributed by atoms with van der Waals surface area (Å²) < 4.78 is 17.1. The molecule has 166 valence electrons. The second kappa shape index (κ2) is 8.61. The second-order valence-corrected chi connectivity index (χ2v) is 8.86. The van der Waals surface area contributed by atoms with Crippen LogP contribution >= 0.6 is 23.8 Å². The molecule has 0 bridgehead atoms. The quantitative estimate of drug-likeness (QED) is 0.343. The fraction of sp³-hybridized carbons (Fsp3) is 0.154. The van der Waals surface area contributed by atoms with Gasteiger partial charge in [0, 0.05) is 17.6 Å². The van der Waals surface area contributed by atoms with Crippen molar-refractivity contribution in [3.63, 3.8) is 0 Å². The number of aromatic nitrogens is 2. The number of anilines is 1. The van der Waals surface area contributed by atoms with Crippen LogP contribution in [-0.4, -0.2) is 14.7 Å². The normalized spacial score (nSPS) is 17.9. The smallest absolute Gasteiger partial charge is 0.174 e. The van der Waals surface area contributed by atoms with Crippen LogP contribution in [-0.2, 0) is 0 Å². The number of nitrogens with zero attached hydrogens (tertiary/aromatic N) is 3. The van der Waals surface area contributed by atoms with Gasteiger partial charge in [-0.3, -0.25) is 4.98 Å². The van der Waals surface area contributed by atoms with Gasteiger partial charge in [0.2, 0.25) is 0 Å². The number of rotatable bonds is 4. The van der Waals surface area contributed by atoms with Gasteiger partial charge in [0.15, 0.2) is 5.11 Å². The highest BCUT2D eigenvalue weighted by Gasteiger charge is 2.43. The van der Waals surface area contributed by atoms with E-state index in [0.717, 1.165) is 28.3 Å². The summed E-state index contributed by atoms with van der Waals surface area (Å²) in [6, 6.07) is 21.8. The van der Waals surface area contributed by atoms with E-state index in [0.29, 0.717) is 15.8 Å². The average Bonchev–Trinajstić information content (AvgIpc) is 3.30. The number of hydrogen-bond acceptors (Lipinski definition) is 2. The largest absolute Gasteiger partial charge is 0.351 e. The van der Waals surface area contributed by atoms with Crippen molar-refractivity contribution in [2.24, 2.45) is 0 Å². The van der Waals surface area contributed by atoms with Crippen molar-refractivity contribution in [2.75, 3.05) is 4.90 Å². The van der Waals surface area contributed by atoms with Gasteiger partial charge in [-0.05, 0) is 74.1 Å². The first-order valence-corrected chi connectivity index (χ1v) is 11.4. The van der Waals surface area contributed by atoms with Crippen LogP contribution in [0, 0.1) is 19.7 Å². The molecule has 1 N–H and O–H groups in total. The first kappa shape index (κ1) is 21.6. The van der Waals surface area contributed by atoms with Crippen molar-refractivity contribution in [2.45, 2.75) is 25.9 Å². The molecule has 1 fully saturated rings. The summed E-state index contributed by atoms with van der Waals surface area (Å²) in [4.78, 5) is 6.45. The van der Waals surface area contributed by atoms with Gasteiger partial charge in [-0.15, -0.1) is 0 Å². The predicted octanol–water partition coefficient (Wildman–Crippen LogP) is 6.46. The van der Waals surface area contributed by atoms with Crippen molar-refractivity contribution < 1.29 is 4.39 Å². The summed E-state index contributed by atoms with van der Waals surface area (Å²) in [5.74, 6) is -0.326. The van der Waals surface area contributed by atoms with E-state index in [1.54, 1.807) is 18.3 Å². The highest BCUT2D eigenvalue weighted by atomic mass is 35.5. The summed E-state index contributed by atoms with van der Waals surface area (Å²) >= 11 is 12.3. The molecule has 2 unspecified atom stereocenters. The topological polar surface area (TPSA) is 33.1 Å². The highest BCUT2D eigenvalue weighted by molar-refractivity contribution is 7.80. The van der Waals surface area contributed by atoms with E-state index < -0.39 is 0 Å². The Hall–Kier alpha value is -3.22. The molecule has 3 heterocycles. The Morgan fingerprint density at radius 2 is 1.67 bits per heavy atom. The lowest BCUT2D eigenvalue weighted by atomic mass is 9.96. The molecule has 1 aliphatic rings. The van der Waals surface area contributed by atoms with Gasteiger partial charge in [-0.2, -0.15) is 0 Å². The van der Waals surface area contributed by atoms with Crippen LogP contribution in [0.2, 0.25) is 5.02 Å². The predicted molar refractivity (Wildman–Crippen MR) is 135 cm³/mol. The number of hydrogen-bond donors (Lipinski definition) is 1. The summed E-state index contributed by atoms with van der Waals surface area (Å²) in [6.07, 6.45) is 1.76. The maximum absolute atomic E-state index is 15.0. The molecule has 0 spiro atoms. The fourth-order valence-corrected chi connectivity index (χ4v) is 5.23. The molecular weight excluding hydrogens is 455 g/mol. The number of halogens is 2. The third kappa shape index (κ3) is 3.69. The monoisotopic (exact) mass is 476 g/mol. The molecule has 0 aliphatic carbocycles. The lowest BCUT2D eigenvalue weighted by molar-refractivity contribution is 0.556. The van der Waals surface area contributed by atoms with Crippen molar-refractivity contribution in [3.05, 3.63) is 112 Å². The zero-order chi connectivity index (χ0) is 23.1. The van der Waals surface area contributed by atoms with Crippen LogP contribution in [0.4, 0.5) is 10.1 Å². The van der Waals surface area contributed by atoms with Crippen LogP contribution in [0.5, 0.6) is 0 Å². The molecule has 0 saturated carbocycles. The molecule has 0 amide bonds. The Balaban J connectivity index is 1.71. The van der Waals surface area contributed by atoms with Crippen LogP contribution in [0.25, 0.3) is 5.69 Å². The third-order valence-corrected chi connectivity index (χ3v) is 6.73. The average molecular weight is 477 g/mol. The van der Waals surface area contributed by atoms with Gasteiger partial charge in [0.05, 0.1) is 34.2 Å². The molecule has 1 aliphatic heterocycles. The molecule has 0 radical (unpaired) electrons. The standard InChI is InChI=1S/C26H22ClFN4S/c1-16-15-18(17(2)31(16)22-12-5-3-9-19(22)27)25-24(21-11-7-8-14-29-21)30-26(33)32(25)23-13-6-4-10-20(23)28/h3-15,24-25H,1-2H3,(H,30,33). The van der Waals surface area contributed by atoms with Crippen LogP contribution in [0.3, 0.4) is 0 Å². The molecular formula is C26H22ClFN4S. The van der Waals surface area contributed by atoms with Crippen LogP contribution in [0.1, 0.15) is 34.7 Å². The second-order valence-electron chi connectivity index (χ2n) is 8.06. The lowest BCUT2D eigenvalue weighted by Gasteiger charge is -2.28. The Morgan fingerprint density at radius 1 is 0.970 bits per heavy atom. The number of benzene rings is 2. The minimum Gasteiger partial charge on any atom is -0.351 e. The molecule has 2 atom stereocenters.